The second-order valence-electron chi connectivity index (χ2n) is 5.07. The number of nitro groups is 1. The van der Waals surface area contributed by atoms with E-state index in [2.05, 4.69) is 15.5 Å². The van der Waals surface area contributed by atoms with Crippen molar-refractivity contribution < 1.29 is 22.8 Å². The molecular weight excluding hydrogens is 355 g/mol. The molecule has 0 radical (unpaired) electrons. The predicted molar refractivity (Wildman–Crippen MR) is 81.6 cm³/mol. The Labute approximate surface area is 144 Å². The first-order valence-corrected chi connectivity index (χ1v) is 7.17. The van der Waals surface area contributed by atoms with Crippen LogP contribution in [0.2, 0.25) is 0 Å². The van der Waals surface area contributed by atoms with Gasteiger partial charge in [0.25, 0.3) is 5.69 Å². The summed E-state index contributed by atoms with van der Waals surface area (Å²) < 4.78 is 46.0. The fraction of sp³-hybridized carbons (Fsp3) is 0.133. The number of nitro benzene ring substituents is 1. The number of rotatable bonds is 5. The third-order valence-electron chi connectivity index (χ3n) is 3.37. The van der Waals surface area contributed by atoms with Gasteiger partial charge >= 0.3 is 6.18 Å². The van der Waals surface area contributed by atoms with Gasteiger partial charge in [-0.2, -0.15) is 17.9 Å². The summed E-state index contributed by atoms with van der Waals surface area (Å²) in [5, 5.41) is 21.7. The zero-order chi connectivity index (χ0) is 18.7. The fourth-order valence-electron chi connectivity index (χ4n) is 2.19. The molecule has 0 aliphatic heterocycles. The van der Waals surface area contributed by atoms with Crippen LogP contribution in [0, 0.1) is 10.1 Å². The second kappa shape index (κ2) is 6.78. The number of aromatic nitrogens is 4. The van der Waals surface area contributed by atoms with Crippen LogP contribution in [0.1, 0.15) is 11.4 Å². The van der Waals surface area contributed by atoms with Crippen molar-refractivity contribution in [3.05, 3.63) is 70.0 Å². The van der Waals surface area contributed by atoms with E-state index in [0.717, 1.165) is 12.1 Å². The number of alkyl halides is 3. The molecule has 26 heavy (non-hydrogen) atoms. The summed E-state index contributed by atoms with van der Waals surface area (Å²) in [6.45, 7) is -0.358. The zero-order valence-electron chi connectivity index (χ0n) is 12.9. The van der Waals surface area contributed by atoms with E-state index in [1.807, 2.05) is 0 Å². The molecule has 0 spiro atoms. The van der Waals surface area contributed by atoms with Crippen LogP contribution >= 0.6 is 0 Å². The summed E-state index contributed by atoms with van der Waals surface area (Å²) in [6.07, 6.45) is -4.81. The van der Waals surface area contributed by atoms with Gasteiger partial charge in [0.05, 0.1) is 10.6 Å². The Morgan fingerprint density at radius 3 is 2.54 bits per heavy atom. The molecule has 0 saturated carbocycles. The highest BCUT2D eigenvalue weighted by Crippen LogP contribution is 2.38. The van der Waals surface area contributed by atoms with E-state index in [-0.39, 0.29) is 12.4 Å². The summed E-state index contributed by atoms with van der Waals surface area (Å²) in [4.78, 5) is 9.80. The smallest absolute Gasteiger partial charge is 0.420 e. The highest BCUT2D eigenvalue weighted by molar-refractivity contribution is 5.45. The highest BCUT2D eigenvalue weighted by Gasteiger charge is 2.36. The molecular formula is C15H10F3N5O3. The number of benzene rings is 2. The minimum Gasteiger partial charge on any atom is -0.485 e. The number of para-hydroxylation sites is 1. The van der Waals surface area contributed by atoms with Crippen molar-refractivity contribution in [3.63, 3.8) is 0 Å². The van der Waals surface area contributed by atoms with Crippen LogP contribution in [0.3, 0.4) is 0 Å². The minimum absolute atomic E-state index is 0.169. The SMILES string of the molecule is O=[N+]([O-])c1ccc(OCc2nnnn2-c2ccccc2)c(C(F)(F)F)c1. The van der Waals surface area contributed by atoms with E-state index in [0.29, 0.717) is 11.8 Å². The van der Waals surface area contributed by atoms with Gasteiger partial charge in [0.15, 0.2) is 5.82 Å². The van der Waals surface area contributed by atoms with Gasteiger partial charge in [0.1, 0.15) is 17.9 Å². The maximum atomic E-state index is 13.2. The molecule has 3 rings (SSSR count). The molecule has 0 aliphatic rings. The van der Waals surface area contributed by atoms with Crippen LogP contribution < -0.4 is 4.74 Å². The van der Waals surface area contributed by atoms with Gasteiger partial charge in [0.2, 0.25) is 0 Å². The summed E-state index contributed by atoms with van der Waals surface area (Å²) in [5.41, 5.74) is -1.32. The normalized spacial score (nSPS) is 11.3. The molecule has 0 N–H and O–H groups in total. The van der Waals surface area contributed by atoms with E-state index in [4.69, 9.17) is 4.74 Å². The van der Waals surface area contributed by atoms with E-state index in [1.165, 1.54) is 4.68 Å². The number of nitrogens with zero attached hydrogens (tertiary/aromatic N) is 5. The zero-order valence-corrected chi connectivity index (χ0v) is 12.9. The van der Waals surface area contributed by atoms with Crippen molar-refractivity contribution in [2.75, 3.05) is 0 Å². The average Bonchev–Trinajstić information content (AvgIpc) is 3.08. The maximum Gasteiger partial charge on any atom is 0.420 e. The van der Waals surface area contributed by atoms with Crippen molar-refractivity contribution in [2.45, 2.75) is 12.8 Å². The topological polar surface area (TPSA) is 96.0 Å². The number of halogens is 3. The highest BCUT2D eigenvalue weighted by atomic mass is 19.4. The third kappa shape index (κ3) is 3.61. The summed E-state index contributed by atoms with van der Waals surface area (Å²) in [6, 6.07) is 11.0. The second-order valence-corrected chi connectivity index (χ2v) is 5.07. The maximum absolute atomic E-state index is 13.2. The quantitative estimate of drug-likeness (QED) is 0.509. The van der Waals surface area contributed by atoms with Crippen LogP contribution in [-0.4, -0.2) is 25.1 Å². The van der Waals surface area contributed by atoms with Gasteiger partial charge in [-0.3, -0.25) is 10.1 Å². The van der Waals surface area contributed by atoms with Crippen molar-refractivity contribution in [1.29, 1.82) is 0 Å². The molecule has 3 aromatic rings. The van der Waals surface area contributed by atoms with E-state index < -0.39 is 28.1 Å². The molecule has 2 aromatic carbocycles. The largest absolute Gasteiger partial charge is 0.485 e. The minimum atomic E-state index is -4.81. The number of hydrogen-bond acceptors (Lipinski definition) is 6. The molecule has 1 heterocycles. The Bertz CT molecular complexity index is 928. The Balaban J connectivity index is 1.87. The standard InChI is InChI=1S/C15H10F3N5O3/c16-15(17,18)12-8-11(23(24)25)6-7-13(12)26-9-14-19-20-21-22(14)10-4-2-1-3-5-10/h1-8H,9H2. The molecule has 1 aromatic heterocycles. The van der Waals surface area contributed by atoms with Crippen LogP contribution in [0.4, 0.5) is 18.9 Å². The Morgan fingerprint density at radius 2 is 1.88 bits per heavy atom. The van der Waals surface area contributed by atoms with Crippen molar-refractivity contribution in [2.24, 2.45) is 0 Å². The number of non-ortho nitro benzene ring substituents is 1. The van der Waals surface area contributed by atoms with Crippen molar-refractivity contribution in [3.8, 4) is 11.4 Å². The van der Waals surface area contributed by atoms with E-state index in [9.17, 15) is 23.3 Å². The number of tetrazole rings is 1. The molecule has 0 amide bonds. The van der Waals surface area contributed by atoms with Crippen LogP contribution in [-0.2, 0) is 12.8 Å². The van der Waals surface area contributed by atoms with Gasteiger partial charge in [-0.05, 0) is 28.6 Å². The summed E-state index contributed by atoms with van der Waals surface area (Å²) >= 11 is 0. The molecule has 134 valence electrons. The lowest BCUT2D eigenvalue weighted by Gasteiger charge is -2.13. The lowest BCUT2D eigenvalue weighted by molar-refractivity contribution is -0.385. The lowest BCUT2D eigenvalue weighted by Crippen LogP contribution is -2.11. The fourth-order valence-corrected chi connectivity index (χ4v) is 2.19. The lowest BCUT2D eigenvalue weighted by atomic mass is 10.1. The van der Waals surface area contributed by atoms with Crippen LogP contribution in [0.15, 0.2) is 48.5 Å². The first-order chi connectivity index (χ1) is 12.4. The Hall–Kier alpha value is -3.50. The number of hydrogen-bond donors (Lipinski definition) is 0. The number of ether oxygens (including phenoxy) is 1. The van der Waals surface area contributed by atoms with Gasteiger partial charge < -0.3 is 4.74 Å². The average molecular weight is 365 g/mol. The van der Waals surface area contributed by atoms with E-state index >= 15 is 0 Å². The molecule has 0 bridgehead atoms. The third-order valence-corrected chi connectivity index (χ3v) is 3.37. The van der Waals surface area contributed by atoms with Crippen molar-refractivity contribution >= 4 is 5.69 Å². The molecule has 0 atom stereocenters. The van der Waals surface area contributed by atoms with Gasteiger partial charge in [-0.15, -0.1) is 5.10 Å². The molecule has 0 saturated heterocycles. The first kappa shape index (κ1) is 17.3. The first-order valence-electron chi connectivity index (χ1n) is 7.17. The molecule has 0 unspecified atom stereocenters. The summed E-state index contributed by atoms with van der Waals surface area (Å²) in [7, 11) is 0. The van der Waals surface area contributed by atoms with Gasteiger partial charge in [0, 0.05) is 12.1 Å². The molecule has 0 aliphatic carbocycles. The Kier molecular flexibility index (Phi) is 4.52. The van der Waals surface area contributed by atoms with Gasteiger partial charge in [-0.25, -0.2) is 0 Å². The van der Waals surface area contributed by atoms with Crippen LogP contribution in [0.5, 0.6) is 5.75 Å². The van der Waals surface area contributed by atoms with Crippen molar-refractivity contribution in [1.82, 2.24) is 20.2 Å². The Morgan fingerprint density at radius 1 is 1.15 bits per heavy atom. The van der Waals surface area contributed by atoms with E-state index in [1.54, 1.807) is 30.3 Å². The predicted octanol–water partition coefficient (Wildman–Crippen LogP) is 3.17. The summed E-state index contributed by atoms with van der Waals surface area (Å²) in [5.74, 6) is -0.381. The van der Waals surface area contributed by atoms with Crippen LogP contribution in [0.25, 0.3) is 5.69 Å². The molecule has 8 nitrogen and oxygen atoms in total. The monoisotopic (exact) mass is 365 g/mol. The molecule has 11 heteroatoms. The molecule has 0 fully saturated rings. The van der Waals surface area contributed by atoms with Gasteiger partial charge in [-0.1, -0.05) is 18.2 Å².